The van der Waals surface area contributed by atoms with Crippen molar-refractivity contribution in [2.24, 2.45) is 5.92 Å². The molecule has 1 fully saturated rings. The van der Waals surface area contributed by atoms with Gasteiger partial charge in [-0.05, 0) is 30.9 Å². The van der Waals surface area contributed by atoms with Gasteiger partial charge in [0.15, 0.2) is 5.03 Å². The zero-order valence-electron chi connectivity index (χ0n) is 12.0. The van der Waals surface area contributed by atoms with Crippen molar-refractivity contribution in [3.8, 4) is 0 Å². The molecule has 0 bridgehead atoms. The van der Waals surface area contributed by atoms with Crippen LogP contribution in [0.3, 0.4) is 0 Å². The first-order valence-electron chi connectivity index (χ1n) is 6.85. The minimum absolute atomic E-state index is 0.00606. The monoisotopic (exact) mass is 352 g/mol. The molecule has 2 rings (SSSR count). The lowest BCUT2D eigenvalue weighted by molar-refractivity contribution is -0.137. The van der Waals surface area contributed by atoms with Gasteiger partial charge in [-0.3, -0.25) is 4.79 Å². The molecule has 10 heteroatoms. The molecule has 0 radical (unpaired) electrons. The maximum Gasteiger partial charge on any atom is 0.417 e. The second-order valence-electron chi connectivity index (χ2n) is 5.18. The Balaban J connectivity index is 1.96. The van der Waals surface area contributed by atoms with E-state index in [4.69, 9.17) is 4.74 Å². The summed E-state index contributed by atoms with van der Waals surface area (Å²) in [5.74, 6) is -0.508. The van der Waals surface area contributed by atoms with Gasteiger partial charge in [0.1, 0.15) is 0 Å². The molecule has 1 N–H and O–H groups in total. The van der Waals surface area contributed by atoms with Crippen LogP contribution in [0.15, 0.2) is 23.4 Å². The maximum absolute atomic E-state index is 12.4. The molecule has 0 aliphatic carbocycles. The summed E-state index contributed by atoms with van der Waals surface area (Å²) in [6.45, 7) is 1.17. The number of aromatic nitrogens is 1. The van der Waals surface area contributed by atoms with E-state index in [9.17, 15) is 26.4 Å². The van der Waals surface area contributed by atoms with Crippen LogP contribution < -0.4 is 4.72 Å². The zero-order chi connectivity index (χ0) is 17.1. The molecule has 1 aromatic heterocycles. The Labute approximate surface area is 131 Å². The first-order chi connectivity index (χ1) is 10.7. The number of pyridine rings is 1. The summed E-state index contributed by atoms with van der Waals surface area (Å²) in [5.41, 5.74) is -1.07. The van der Waals surface area contributed by atoms with E-state index in [2.05, 4.69) is 4.98 Å². The van der Waals surface area contributed by atoms with Gasteiger partial charge in [-0.15, -0.1) is 0 Å². The van der Waals surface area contributed by atoms with Crippen LogP contribution in [0.4, 0.5) is 13.2 Å². The number of amides is 1. The molecular weight excluding hydrogens is 337 g/mol. The summed E-state index contributed by atoms with van der Waals surface area (Å²) >= 11 is 0. The lowest BCUT2D eigenvalue weighted by Gasteiger charge is -2.10. The molecule has 1 amide bonds. The summed E-state index contributed by atoms with van der Waals surface area (Å²) in [4.78, 5) is 14.9. The Hall–Kier alpha value is -1.68. The Kier molecular flexibility index (Phi) is 5.25. The van der Waals surface area contributed by atoms with Crippen LogP contribution >= 0.6 is 0 Å². The van der Waals surface area contributed by atoms with Crippen molar-refractivity contribution in [2.75, 3.05) is 13.2 Å². The number of alkyl halides is 3. The van der Waals surface area contributed by atoms with Gasteiger partial charge in [0.05, 0.1) is 5.56 Å². The van der Waals surface area contributed by atoms with Crippen molar-refractivity contribution in [3.05, 3.63) is 23.9 Å². The second kappa shape index (κ2) is 6.83. The maximum atomic E-state index is 12.4. The van der Waals surface area contributed by atoms with Crippen LogP contribution in [-0.4, -0.2) is 32.5 Å². The Morgan fingerprint density at radius 3 is 2.65 bits per heavy atom. The van der Waals surface area contributed by atoms with E-state index in [0.717, 1.165) is 6.42 Å². The van der Waals surface area contributed by atoms with Crippen LogP contribution in [-0.2, 0) is 25.7 Å². The van der Waals surface area contributed by atoms with E-state index in [-0.39, 0.29) is 12.3 Å². The van der Waals surface area contributed by atoms with Crippen molar-refractivity contribution < 1.29 is 31.1 Å². The third-order valence-electron chi connectivity index (χ3n) is 3.39. The second-order valence-corrected chi connectivity index (χ2v) is 6.81. The first-order valence-corrected chi connectivity index (χ1v) is 8.33. The van der Waals surface area contributed by atoms with Crippen LogP contribution in [0.25, 0.3) is 0 Å². The molecule has 23 heavy (non-hydrogen) atoms. The number of halogens is 3. The summed E-state index contributed by atoms with van der Waals surface area (Å²) in [7, 11) is -4.28. The number of nitrogens with zero attached hydrogens (tertiary/aromatic N) is 1. The van der Waals surface area contributed by atoms with E-state index in [0.29, 0.717) is 38.0 Å². The molecule has 128 valence electrons. The summed E-state index contributed by atoms with van der Waals surface area (Å²) in [6.07, 6.45) is -2.90. The molecule has 1 aliphatic rings. The zero-order valence-corrected chi connectivity index (χ0v) is 12.8. The lowest BCUT2D eigenvalue weighted by atomic mass is 10.0. The highest BCUT2D eigenvalue weighted by atomic mass is 32.2. The van der Waals surface area contributed by atoms with Crippen molar-refractivity contribution in [1.82, 2.24) is 9.71 Å². The molecular formula is C13H15F3N2O4S. The van der Waals surface area contributed by atoms with E-state index in [1.54, 1.807) is 4.72 Å². The average molecular weight is 352 g/mol. The Morgan fingerprint density at radius 1 is 1.39 bits per heavy atom. The molecule has 2 heterocycles. The summed E-state index contributed by atoms with van der Waals surface area (Å²) in [5, 5.41) is -0.636. The molecule has 1 saturated heterocycles. The van der Waals surface area contributed by atoms with Gasteiger partial charge in [-0.1, -0.05) is 0 Å². The van der Waals surface area contributed by atoms with E-state index in [1.165, 1.54) is 0 Å². The predicted octanol–water partition coefficient (Wildman–Crippen LogP) is 1.72. The molecule has 1 aromatic rings. The Morgan fingerprint density at radius 2 is 2.13 bits per heavy atom. The third kappa shape index (κ3) is 4.90. The lowest BCUT2D eigenvalue weighted by Crippen LogP contribution is -2.31. The fourth-order valence-corrected chi connectivity index (χ4v) is 3.05. The smallest absolute Gasteiger partial charge is 0.381 e. The van der Waals surface area contributed by atoms with Crippen molar-refractivity contribution >= 4 is 15.9 Å². The number of hydrogen-bond acceptors (Lipinski definition) is 5. The average Bonchev–Trinajstić information content (AvgIpc) is 2.97. The topological polar surface area (TPSA) is 85.4 Å². The number of carbonyl (C=O) groups is 1. The normalized spacial score (nSPS) is 18.8. The fraction of sp³-hybridized carbons (Fsp3) is 0.538. The van der Waals surface area contributed by atoms with Crippen molar-refractivity contribution in [2.45, 2.75) is 30.5 Å². The van der Waals surface area contributed by atoms with Gasteiger partial charge in [-0.2, -0.15) is 21.6 Å². The minimum atomic E-state index is -4.61. The number of hydrogen-bond donors (Lipinski definition) is 1. The summed E-state index contributed by atoms with van der Waals surface area (Å²) < 4.78 is 68.0. The fourth-order valence-electron chi connectivity index (χ4n) is 2.11. The number of rotatable bonds is 5. The quantitative estimate of drug-likeness (QED) is 0.872. The van der Waals surface area contributed by atoms with Crippen molar-refractivity contribution in [3.63, 3.8) is 0 Å². The first kappa shape index (κ1) is 17.7. The van der Waals surface area contributed by atoms with Crippen LogP contribution in [0.2, 0.25) is 0 Å². The molecule has 1 atom stereocenters. The molecule has 0 spiro atoms. The van der Waals surface area contributed by atoms with Gasteiger partial charge < -0.3 is 4.74 Å². The molecule has 1 aliphatic heterocycles. The van der Waals surface area contributed by atoms with Crippen molar-refractivity contribution in [1.29, 1.82) is 0 Å². The number of carbonyl (C=O) groups excluding carboxylic acids is 1. The van der Waals surface area contributed by atoms with E-state index in [1.807, 2.05) is 0 Å². The molecule has 0 saturated carbocycles. The number of nitrogens with one attached hydrogen (secondary N) is 1. The van der Waals surface area contributed by atoms with Gasteiger partial charge in [0.2, 0.25) is 5.91 Å². The molecule has 6 nitrogen and oxygen atoms in total. The largest absolute Gasteiger partial charge is 0.417 e. The predicted molar refractivity (Wildman–Crippen MR) is 72.7 cm³/mol. The van der Waals surface area contributed by atoms with E-state index < -0.39 is 32.7 Å². The SMILES string of the molecule is O=C(CC[C@H]1CCOC1)NS(=O)(=O)c1ccc(C(F)(F)F)cn1. The highest BCUT2D eigenvalue weighted by Crippen LogP contribution is 2.28. The molecule has 0 unspecified atom stereocenters. The van der Waals surface area contributed by atoms with Crippen LogP contribution in [0.5, 0.6) is 0 Å². The summed E-state index contributed by atoms with van der Waals surface area (Å²) in [6, 6.07) is 1.31. The van der Waals surface area contributed by atoms with Crippen LogP contribution in [0.1, 0.15) is 24.8 Å². The van der Waals surface area contributed by atoms with Gasteiger partial charge in [0, 0.05) is 25.8 Å². The number of sulfonamides is 1. The third-order valence-corrected chi connectivity index (χ3v) is 4.68. The number of ether oxygens (including phenoxy) is 1. The van der Waals surface area contributed by atoms with Gasteiger partial charge in [0.25, 0.3) is 10.0 Å². The minimum Gasteiger partial charge on any atom is -0.381 e. The van der Waals surface area contributed by atoms with Gasteiger partial charge in [-0.25, -0.2) is 9.71 Å². The highest BCUT2D eigenvalue weighted by molar-refractivity contribution is 7.90. The van der Waals surface area contributed by atoms with Gasteiger partial charge >= 0.3 is 6.18 Å². The molecule has 0 aromatic carbocycles. The standard InChI is InChI=1S/C13H15F3N2O4S/c14-13(15,16)10-2-4-12(17-7-10)23(20,21)18-11(19)3-1-9-5-6-22-8-9/h2,4,7,9H,1,3,5-6,8H2,(H,18,19)/t9-/m0/s1. The van der Waals surface area contributed by atoms with Crippen LogP contribution in [0, 0.1) is 5.92 Å². The Bertz CT molecular complexity index is 653. The van der Waals surface area contributed by atoms with E-state index >= 15 is 0 Å². The highest BCUT2D eigenvalue weighted by Gasteiger charge is 2.31.